The van der Waals surface area contributed by atoms with Crippen molar-refractivity contribution < 1.29 is 4.79 Å². The van der Waals surface area contributed by atoms with Crippen LogP contribution in [0.4, 0.5) is 17.3 Å². The van der Waals surface area contributed by atoms with Crippen LogP contribution in [0.5, 0.6) is 0 Å². The van der Waals surface area contributed by atoms with Gasteiger partial charge in [0.2, 0.25) is 5.91 Å². The molecule has 5 heteroatoms. The summed E-state index contributed by atoms with van der Waals surface area (Å²) in [5, 5.41) is 11.3. The van der Waals surface area contributed by atoms with E-state index in [0.29, 0.717) is 18.7 Å². The molecule has 0 atom stereocenters. The van der Waals surface area contributed by atoms with Crippen molar-refractivity contribution >= 4 is 23.2 Å². The van der Waals surface area contributed by atoms with Crippen LogP contribution in [0.3, 0.4) is 0 Å². The van der Waals surface area contributed by atoms with Gasteiger partial charge in [-0.1, -0.05) is 48.5 Å². The van der Waals surface area contributed by atoms with E-state index in [4.69, 9.17) is 0 Å². The van der Waals surface area contributed by atoms with Gasteiger partial charge in [0.1, 0.15) is 0 Å². The molecule has 1 N–H and O–H groups in total. The van der Waals surface area contributed by atoms with E-state index < -0.39 is 0 Å². The summed E-state index contributed by atoms with van der Waals surface area (Å²) in [5.41, 5.74) is 3.66. The van der Waals surface area contributed by atoms with Gasteiger partial charge in [-0.15, -0.1) is 10.2 Å². The predicted octanol–water partition coefficient (Wildman–Crippen LogP) is 3.74. The fourth-order valence-electron chi connectivity index (χ4n) is 3.22. The first-order chi connectivity index (χ1) is 12.8. The third-order valence-electron chi connectivity index (χ3n) is 4.57. The maximum Gasteiger partial charge on any atom is 0.225 e. The van der Waals surface area contributed by atoms with Crippen LogP contribution in [0.15, 0.2) is 66.7 Å². The summed E-state index contributed by atoms with van der Waals surface area (Å²) in [5.74, 6) is 1.24. The molecule has 1 aliphatic heterocycles. The van der Waals surface area contributed by atoms with E-state index in [9.17, 15) is 4.79 Å². The van der Waals surface area contributed by atoms with Gasteiger partial charge in [0.15, 0.2) is 11.6 Å². The molecule has 0 aliphatic carbocycles. The molecule has 1 aliphatic rings. The molecule has 4 rings (SSSR count). The Balaban J connectivity index is 1.37. The van der Waals surface area contributed by atoms with Crippen molar-refractivity contribution in [2.75, 3.05) is 16.8 Å². The highest BCUT2D eigenvalue weighted by atomic mass is 16.1. The smallest absolute Gasteiger partial charge is 0.225 e. The summed E-state index contributed by atoms with van der Waals surface area (Å²) < 4.78 is 0. The molecule has 0 saturated carbocycles. The number of amides is 1. The van der Waals surface area contributed by atoms with Crippen LogP contribution in [0.1, 0.15) is 17.5 Å². The average molecular weight is 344 g/mol. The minimum absolute atomic E-state index is 0.0533. The molecule has 26 heavy (non-hydrogen) atoms. The predicted molar refractivity (Wildman–Crippen MR) is 103 cm³/mol. The van der Waals surface area contributed by atoms with Gasteiger partial charge in [-0.2, -0.15) is 0 Å². The lowest BCUT2D eigenvalue weighted by molar-refractivity contribution is -0.116. The number of hydrogen-bond acceptors (Lipinski definition) is 4. The lowest BCUT2D eigenvalue weighted by atomic mass is 10.1. The molecule has 0 fully saturated rings. The Morgan fingerprint density at radius 1 is 0.962 bits per heavy atom. The Labute approximate surface area is 152 Å². The normalized spacial score (nSPS) is 12.7. The number of carbonyl (C=O) groups excluding carboxylic acids is 1. The van der Waals surface area contributed by atoms with Crippen LogP contribution < -0.4 is 10.2 Å². The third kappa shape index (κ3) is 3.57. The van der Waals surface area contributed by atoms with Crippen molar-refractivity contribution in [2.24, 2.45) is 0 Å². The van der Waals surface area contributed by atoms with E-state index in [1.54, 1.807) is 0 Å². The highest BCUT2D eigenvalue weighted by Gasteiger charge is 2.20. The Bertz CT molecular complexity index is 893. The maximum atomic E-state index is 12.1. The Morgan fingerprint density at radius 3 is 2.58 bits per heavy atom. The first-order valence-corrected chi connectivity index (χ1v) is 8.82. The number of hydrogen-bond donors (Lipinski definition) is 1. The minimum Gasteiger partial charge on any atom is -0.324 e. The van der Waals surface area contributed by atoms with E-state index >= 15 is 0 Å². The van der Waals surface area contributed by atoms with Crippen molar-refractivity contribution in [1.29, 1.82) is 0 Å². The molecule has 130 valence electrons. The first kappa shape index (κ1) is 16.3. The van der Waals surface area contributed by atoms with Crippen molar-refractivity contribution in [3.05, 3.63) is 77.9 Å². The van der Waals surface area contributed by atoms with Gasteiger partial charge in [-0.25, -0.2) is 0 Å². The molecule has 0 spiro atoms. The van der Waals surface area contributed by atoms with Gasteiger partial charge in [0.05, 0.1) is 0 Å². The zero-order valence-corrected chi connectivity index (χ0v) is 14.4. The molecule has 0 unspecified atom stereocenters. The standard InChI is InChI=1S/C21H20N4O/c26-21(13-10-16-6-2-1-3-7-16)22-19-11-12-20(24-23-19)25-15-14-17-8-4-5-9-18(17)25/h1-9,11-12H,10,13-15H2,(H,22,23,26). The SMILES string of the molecule is O=C(CCc1ccccc1)Nc1ccc(N2CCc3ccccc32)nn1. The van der Waals surface area contributed by atoms with E-state index in [0.717, 1.165) is 24.3 Å². The summed E-state index contributed by atoms with van der Waals surface area (Å²) in [6, 6.07) is 22.0. The molecule has 3 aromatic rings. The summed E-state index contributed by atoms with van der Waals surface area (Å²) in [6.45, 7) is 0.900. The van der Waals surface area contributed by atoms with Crippen molar-refractivity contribution in [2.45, 2.75) is 19.3 Å². The van der Waals surface area contributed by atoms with Gasteiger partial charge in [-0.05, 0) is 42.2 Å². The highest BCUT2D eigenvalue weighted by Crippen LogP contribution is 2.32. The van der Waals surface area contributed by atoms with E-state index in [2.05, 4.69) is 38.6 Å². The number of rotatable bonds is 5. The Morgan fingerprint density at radius 2 is 1.77 bits per heavy atom. The third-order valence-corrected chi connectivity index (χ3v) is 4.57. The fraction of sp³-hybridized carbons (Fsp3) is 0.190. The number of aromatic nitrogens is 2. The molecule has 5 nitrogen and oxygen atoms in total. The van der Waals surface area contributed by atoms with Crippen LogP contribution in [0.25, 0.3) is 0 Å². The van der Waals surface area contributed by atoms with Gasteiger partial charge in [-0.3, -0.25) is 4.79 Å². The van der Waals surface area contributed by atoms with Crippen LogP contribution in [0, 0.1) is 0 Å². The second-order valence-corrected chi connectivity index (χ2v) is 6.34. The quantitative estimate of drug-likeness (QED) is 0.766. The zero-order valence-electron chi connectivity index (χ0n) is 14.4. The summed E-state index contributed by atoms with van der Waals surface area (Å²) >= 11 is 0. The van der Waals surface area contributed by atoms with E-state index in [1.165, 1.54) is 11.3 Å². The molecule has 1 amide bonds. The van der Waals surface area contributed by atoms with Crippen molar-refractivity contribution in [3.8, 4) is 0 Å². The van der Waals surface area contributed by atoms with Crippen LogP contribution in [-0.4, -0.2) is 22.6 Å². The van der Waals surface area contributed by atoms with Gasteiger partial charge >= 0.3 is 0 Å². The van der Waals surface area contributed by atoms with Gasteiger partial charge < -0.3 is 10.2 Å². The molecule has 0 radical (unpaired) electrons. The Kier molecular flexibility index (Phi) is 4.60. The van der Waals surface area contributed by atoms with E-state index in [-0.39, 0.29) is 5.91 Å². The lowest BCUT2D eigenvalue weighted by Gasteiger charge is -2.17. The summed E-state index contributed by atoms with van der Waals surface area (Å²) in [4.78, 5) is 14.3. The van der Waals surface area contributed by atoms with E-state index in [1.807, 2.05) is 48.5 Å². The van der Waals surface area contributed by atoms with Gasteiger partial charge in [0, 0.05) is 18.7 Å². The number of carbonyl (C=O) groups is 1. The first-order valence-electron chi connectivity index (χ1n) is 8.82. The number of anilines is 3. The van der Waals surface area contributed by atoms with Crippen molar-refractivity contribution in [3.63, 3.8) is 0 Å². The topological polar surface area (TPSA) is 58.1 Å². The molecule has 0 saturated heterocycles. The van der Waals surface area contributed by atoms with Crippen molar-refractivity contribution in [1.82, 2.24) is 10.2 Å². The average Bonchev–Trinajstić information content (AvgIpc) is 3.12. The number of nitrogens with one attached hydrogen (secondary N) is 1. The second kappa shape index (κ2) is 7.35. The monoisotopic (exact) mass is 344 g/mol. The maximum absolute atomic E-state index is 12.1. The molecular formula is C21H20N4O. The lowest BCUT2D eigenvalue weighted by Crippen LogP contribution is -2.17. The molecule has 2 aromatic carbocycles. The molecule has 2 heterocycles. The van der Waals surface area contributed by atoms with Crippen LogP contribution in [-0.2, 0) is 17.6 Å². The fourth-order valence-corrected chi connectivity index (χ4v) is 3.22. The molecule has 0 bridgehead atoms. The second-order valence-electron chi connectivity index (χ2n) is 6.34. The number of benzene rings is 2. The minimum atomic E-state index is -0.0533. The number of aryl methyl sites for hydroxylation is 1. The number of nitrogens with zero attached hydrogens (tertiary/aromatic N) is 3. The van der Waals surface area contributed by atoms with Crippen LogP contribution in [0.2, 0.25) is 0 Å². The summed E-state index contributed by atoms with van der Waals surface area (Å²) in [7, 11) is 0. The van der Waals surface area contributed by atoms with Crippen LogP contribution >= 0.6 is 0 Å². The summed E-state index contributed by atoms with van der Waals surface area (Å²) in [6.07, 6.45) is 2.14. The Hall–Kier alpha value is -3.21. The highest BCUT2D eigenvalue weighted by molar-refractivity contribution is 5.89. The number of para-hydroxylation sites is 1. The van der Waals surface area contributed by atoms with Gasteiger partial charge in [0.25, 0.3) is 0 Å². The number of fused-ring (bicyclic) bond motifs is 1. The molecular weight excluding hydrogens is 324 g/mol. The zero-order chi connectivity index (χ0) is 17.8. The molecule has 1 aromatic heterocycles. The largest absolute Gasteiger partial charge is 0.324 e.